The van der Waals surface area contributed by atoms with Gasteiger partial charge in [0.1, 0.15) is 21.5 Å². The second kappa shape index (κ2) is 5.49. The summed E-state index contributed by atoms with van der Waals surface area (Å²) in [6.07, 6.45) is 3.73. The minimum Gasteiger partial charge on any atom is -0.465 e. The van der Waals surface area contributed by atoms with E-state index in [0.29, 0.717) is 16.4 Å². The van der Waals surface area contributed by atoms with Gasteiger partial charge in [0.15, 0.2) is 0 Å². The van der Waals surface area contributed by atoms with Gasteiger partial charge in [-0.3, -0.25) is 0 Å². The van der Waals surface area contributed by atoms with Crippen LogP contribution in [0.25, 0.3) is 0 Å². The quantitative estimate of drug-likeness (QED) is 0.855. The lowest BCUT2D eigenvalue weighted by molar-refractivity contribution is 0.0603. The van der Waals surface area contributed by atoms with Crippen molar-refractivity contribution < 1.29 is 9.53 Å². The van der Waals surface area contributed by atoms with Crippen LogP contribution in [0.1, 0.15) is 34.5 Å². The monoisotopic (exact) mass is 279 g/mol. The first-order valence-electron chi connectivity index (χ1n) is 6.20. The zero-order chi connectivity index (χ0) is 14.0. The number of hydrogen-bond acceptors (Lipinski definition) is 6. The van der Waals surface area contributed by atoms with E-state index in [0.717, 1.165) is 11.5 Å². The molecular formula is C13H17N3O2S. The number of carbonyl (C=O) groups is 1. The van der Waals surface area contributed by atoms with Crippen LogP contribution in [0, 0.1) is 17.2 Å². The lowest BCUT2D eigenvalue weighted by atomic mass is 9.85. The van der Waals surface area contributed by atoms with Crippen LogP contribution in [0.2, 0.25) is 0 Å². The third-order valence-electron chi connectivity index (χ3n) is 3.52. The number of rotatable bonds is 4. The zero-order valence-corrected chi connectivity index (χ0v) is 11.9. The summed E-state index contributed by atoms with van der Waals surface area (Å²) in [6.45, 7) is 0.884. The van der Waals surface area contributed by atoms with Crippen molar-refractivity contribution in [1.29, 1.82) is 5.26 Å². The first-order valence-corrected chi connectivity index (χ1v) is 7.02. The van der Waals surface area contributed by atoms with Gasteiger partial charge in [-0.15, -0.1) is 11.3 Å². The molecule has 5 nitrogen and oxygen atoms in total. The molecule has 1 aliphatic carbocycles. The molecule has 0 atom stereocenters. The Balaban J connectivity index is 2.32. The summed E-state index contributed by atoms with van der Waals surface area (Å²) < 4.78 is 4.76. The predicted molar refractivity (Wildman–Crippen MR) is 75.4 cm³/mol. The number of methoxy groups -OCH3 is 1. The Morgan fingerprint density at radius 3 is 2.79 bits per heavy atom. The number of nitrogens with two attached hydrogens (primary N) is 1. The maximum Gasteiger partial charge on any atom is 0.343 e. The Hall–Kier alpha value is -1.74. The van der Waals surface area contributed by atoms with Crippen LogP contribution in [0.3, 0.4) is 0 Å². The smallest absolute Gasteiger partial charge is 0.343 e. The van der Waals surface area contributed by atoms with Gasteiger partial charge in [-0.1, -0.05) is 6.42 Å². The molecule has 1 saturated carbocycles. The number of nitriles is 1. The maximum absolute atomic E-state index is 11.8. The van der Waals surface area contributed by atoms with E-state index in [1.807, 2.05) is 18.0 Å². The van der Waals surface area contributed by atoms with Gasteiger partial charge in [-0.25, -0.2) is 4.79 Å². The third-order valence-corrected chi connectivity index (χ3v) is 4.75. The van der Waals surface area contributed by atoms with Gasteiger partial charge >= 0.3 is 5.97 Å². The molecule has 2 N–H and O–H groups in total. The van der Waals surface area contributed by atoms with E-state index in [-0.39, 0.29) is 5.69 Å². The minimum atomic E-state index is -0.481. The van der Waals surface area contributed by atoms with E-state index in [2.05, 4.69) is 0 Å². The van der Waals surface area contributed by atoms with E-state index in [9.17, 15) is 4.79 Å². The molecule has 102 valence electrons. The molecule has 6 heteroatoms. The zero-order valence-electron chi connectivity index (χ0n) is 11.1. The van der Waals surface area contributed by atoms with Crippen LogP contribution in [0.15, 0.2) is 0 Å². The number of ether oxygens (including phenoxy) is 1. The van der Waals surface area contributed by atoms with Crippen molar-refractivity contribution >= 4 is 28.0 Å². The first-order chi connectivity index (χ1) is 9.08. The Morgan fingerprint density at radius 1 is 1.63 bits per heavy atom. The molecule has 0 aromatic carbocycles. The van der Waals surface area contributed by atoms with E-state index < -0.39 is 5.97 Å². The molecule has 1 fully saturated rings. The lowest BCUT2D eigenvalue weighted by Crippen LogP contribution is -2.29. The molecule has 2 rings (SSSR count). The van der Waals surface area contributed by atoms with Gasteiger partial charge in [0.25, 0.3) is 0 Å². The molecule has 0 amide bonds. The average Bonchev–Trinajstić information content (AvgIpc) is 2.69. The summed E-state index contributed by atoms with van der Waals surface area (Å²) in [7, 11) is 3.25. The summed E-state index contributed by atoms with van der Waals surface area (Å²) in [4.78, 5) is 14.2. The molecule has 0 radical (unpaired) electrons. The number of hydrogen-bond donors (Lipinski definition) is 1. The van der Waals surface area contributed by atoms with E-state index in [4.69, 9.17) is 15.7 Å². The fourth-order valence-corrected chi connectivity index (χ4v) is 3.20. The van der Waals surface area contributed by atoms with Crippen LogP contribution in [-0.2, 0) is 4.74 Å². The summed E-state index contributed by atoms with van der Waals surface area (Å²) in [5, 5.41) is 9.77. The van der Waals surface area contributed by atoms with E-state index in [1.54, 1.807) is 0 Å². The standard InChI is InChI=1S/C13H17N3O2S/c1-16(7-8-4-3-5-8)12-10(13(17)18-2)11(15)9(6-14)19-12/h8H,3-5,7,15H2,1-2H3. The molecule has 0 aliphatic heterocycles. The van der Waals surface area contributed by atoms with Crippen molar-refractivity contribution in [3.05, 3.63) is 10.4 Å². The van der Waals surface area contributed by atoms with Crippen molar-refractivity contribution in [2.24, 2.45) is 5.92 Å². The van der Waals surface area contributed by atoms with E-state index >= 15 is 0 Å². The predicted octanol–water partition coefficient (Wildman–Crippen LogP) is 2.22. The molecule has 0 spiro atoms. The number of anilines is 2. The molecule has 0 unspecified atom stereocenters. The van der Waals surface area contributed by atoms with E-state index in [1.165, 1.54) is 37.7 Å². The highest BCUT2D eigenvalue weighted by atomic mass is 32.1. The van der Waals surface area contributed by atoms with Crippen molar-refractivity contribution in [1.82, 2.24) is 0 Å². The first kappa shape index (κ1) is 13.7. The maximum atomic E-state index is 11.8. The molecule has 1 aromatic rings. The highest BCUT2D eigenvalue weighted by molar-refractivity contribution is 7.17. The van der Waals surface area contributed by atoms with Gasteiger partial charge in [0, 0.05) is 13.6 Å². The summed E-state index contributed by atoms with van der Waals surface area (Å²) in [6, 6.07) is 2.03. The fraction of sp³-hybridized carbons (Fsp3) is 0.538. The molecule has 1 aromatic heterocycles. The van der Waals surface area contributed by atoms with Gasteiger partial charge in [0.2, 0.25) is 0 Å². The summed E-state index contributed by atoms with van der Waals surface area (Å²) in [5.74, 6) is 0.190. The van der Waals surface area contributed by atoms with Crippen LogP contribution >= 0.6 is 11.3 Å². The van der Waals surface area contributed by atoms with Crippen LogP contribution < -0.4 is 10.6 Å². The van der Waals surface area contributed by atoms with Gasteiger partial charge in [0.05, 0.1) is 12.8 Å². The minimum absolute atomic E-state index is 0.231. The van der Waals surface area contributed by atoms with Crippen LogP contribution in [0.4, 0.5) is 10.7 Å². The van der Waals surface area contributed by atoms with Crippen molar-refractivity contribution in [2.75, 3.05) is 31.3 Å². The Kier molecular flexibility index (Phi) is 3.96. The van der Waals surface area contributed by atoms with Gasteiger partial charge in [-0.05, 0) is 18.8 Å². The highest BCUT2D eigenvalue weighted by Crippen LogP contribution is 2.39. The number of nitrogen functional groups attached to an aromatic ring is 1. The van der Waals surface area contributed by atoms with Crippen molar-refractivity contribution in [2.45, 2.75) is 19.3 Å². The molecule has 19 heavy (non-hydrogen) atoms. The van der Waals surface area contributed by atoms with Crippen molar-refractivity contribution in [3.8, 4) is 6.07 Å². The second-order valence-electron chi connectivity index (χ2n) is 4.81. The fourth-order valence-electron chi connectivity index (χ4n) is 2.23. The summed E-state index contributed by atoms with van der Waals surface area (Å²) in [5.41, 5.74) is 6.42. The van der Waals surface area contributed by atoms with Crippen molar-refractivity contribution in [3.63, 3.8) is 0 Å². The normalized spacial score (nSPS) is 14.6. The van der Waals surface area contributed by atoms with Crippen LogP contribution in [0.5, 0.6) is 0 Å². The molecular weight excluding hydrogens is 262 g/mol. The Labute approximate surface area is 116 Å². The second-order valence-corrected chi connectivity index (χ2v) is 5.80. The Bertz CT molecular complexity index is 529. The van der Waals surface area contributed by atoms with Gasteiger partial charge < -0.3 is 15.4 Å². The molecule has 0 bridgehead atoms. The molecule has 1 heterocycles. The topological polar surface area (TPSA) is 79.3 Å². The average molecular weight is 279 g/mol. The largest absolute Gasteiger partial charge is 0.465 e. The summed E-state index contributed by atoms with van der Waals surface area (Å²) >= 11 is 1.25. The number of nitrogens with zero attached hydrogens (tertiary/aromatic N) is 2. The Morgan fingerprint density at radius 2 is 2.32 bits per heavy atom. The molecule has 0 saturated heterocycles. The molecule has 1 aliphatic rings. The van der Waals surface area contributed by atoms with Gasteiger partial charge in [-0.2, -0.15) is 5.26 Å². The SMILES string of the molecule is COC(=O)c1c(N(C)CC2CCC2)sc(C#N)c1N. The van der Waals surface area contributed by atoms with Crippen LogP contribution in [-0.4, -0.2) is 26.7 Å². The number of esters is 1. The third kappa shape index (κ3) is 2.51. The lowest BCUT2D eigenvalue weighted by Gasteiger charge is -2.30. The number of carbonyl (C=O) groups excluding carboxylic acids is 1. The number of thiophene rings is 1. The highest BCUT2D eigenvalue weighted by Gasteiger charge is 2.27.